The van der Waals surface area contributed by atoms with Crippen molar-refractivity contribution < 1.29 is 19.4 Å². The lowest BCUT2D eigenvalue weighted by molar-refractivity contribution is -0.139. The van der Waals surface area contributed by atoms with Crippen molar-refractivity contribution in [3.8, 4) is 16.9 Å². The molecule has 1 aliphatic carbocycles. The Morgan fingerprint density at radius 2 is 1.86 bits per heavy atom. The second kappa shape index (κ2) is 14.2. The van der Waals surface area contributed by atoms with Gasteiger partial charge in [0.2, 0.25) is 0 Å². The third-order valence-corrected chi connectivity index (χ3v) is 7.53. The lowest BCUT2D eigenvalue weighted by atomic mass is 9.86. The smallest absolute Gasteiger partial charge is 0.326 e. The fourth-order valence-corrected chi connectivity index (χ4v) is 5.37. The molecule has 2 N–H and O–H groups in total. The number of hydrogen-bond donors (Lipinski definition) is 2. The van der Waals surface area contributed by atoms with Gasteiger partial charge in [0.05, 0.1) is 12.2 Å². The zero-order valence-electron chi connectivity index (χ0n) is 21.1. The topological polar surface area (TPSA) is 75.6 Å². The van der Waals surface area contributed by atoms with E-state index in [1.54, 1.807) is 17.8 Å². The second-order valence-corrected chi connectivity index (χ2v) is 10.5. The first-order chi connectivity index (χ1) is 17.0. The summed E-state index contributed by atoms with van der Waals surface area (Å²) in [5, 5.41) is 12.3. The molecule has 0 spiro atoms. The average Bonchev–Trinajstić information content (AvgIpc) is 2.87. The molecule has 0 heterocycles. The van der Waals surface area contributed by atoms with E-state index in [1.165, 1.54) is 38.5 Å². The summed E-state index contributed by atoms with van der Waals surface area (Å²) in [5.74, 6) is 0.785. The van der Waals surface area contributed by atoms with E-state index in [-0.39, 0.29) is 5.91 Å². The monoisotopic (exact) mass is 497 g/mol. The van der Waals surface area contributed by atoms with Gasteiger partial charge in [0.25, 0.3) is 5.91 Å². The molecule has 2 aromatic rings. The molecular weight excluding hydrogens is 458 g/mol. The maximum atomic E-state index is 13.3. The van der Waals surface area contributed by atoms with Gasteiger partial charge in [-0.25, -0.2) is 4.79 Å². The summed E-state index contributed by atoms with van der Waals surface area (Å²) in [4.78, 5) is 25.0. The summed E-state index contributed by atoms with van der Waals surface area (Å²) >= 11 is 1.56. The van der Waals surface area contributed by atoms with Crippen LogP contribution >= 0.6 is 11.8 Å². The van der Waals surface area contributed by atoms with Crippen molar-refractivity contribution in [2.75, 3.05) is 18.6 Å². The van der Waals surface area contributed by atoms with Crippen molar-refractivity contribution in [2.24, 2.45) is 5.92 Å². The minimum atomic E-state index is -1.02. The Labute approximate surface area is 214 Å². The molecule has 5 nitrogen and oxygen atoms in total. The second-order valence-electron chi connectivity index (χ2n) is 9.49. The highest BCUT2D eigenvalue weighted by Gasteiger charge is 2.24. The Kier molecular flexibility index (Phi) is 11.0. The maximum Gasteiger partial charge on any atom is 0.326 e. The minimum Gasteiger partial charge on any atom is -0.493 e. The Hall–Kier alpha value is -2.47. The zero-order valence-corrected chi connectivity index (χ0v) is 21.9. The molecule has 1 aliphatic rings. The number of thioether (sulfide) groups is 1. The molecule has 35 heavy (non-hydrogen) atoms. The predicted molar refractivity (Wildman–Crippen MR) is 144 cm³/mol. The lowest BCUT2D eigenvalue weighted by Crippen LogP contribution is -2.41. The van der Waals surface area contributed by atoms with E-state index in [0.717, 1.165) is 35.4 Å². The molecule has 6 heteroatoms. The van der Waals surface area contributed by atoms with Crippen molar-refractivity contribution in [3.05, 3.63) is 53.6 Å². The highest BCUT2D eigenvalue weighted by molar-refractivity contribution is 7.98. The molecule has 3 rings (SSSR count). The zero-order chi connectivity index (χ0) is 25.0. The van der Waals surface area contributed by atoms with Crippen LogP contribution in [-0.4, -0.2) is 41.6 Å². The van der Waals surface area contributed by atoms with Gasteiger partial charge in [-0.3, -0.25) is 4.79 Å². The molecule has 1 amide bonds. The standard InChI is InChI=1S/C29H39NO4S/c1-21-11-6-7-15-23(21)27-24(28(31)30-25(29(32)33)18-20-35-2)16-10-17-26(27)34-19-9-8-14-22-12-4-3-5-13-22/h6-7,10-11,15-17,22,25H,3-5,8-9,12-14,18-20H2,1-2H3,(H,30,31)(H,32,33)/t25-/m0/s1. The van der Waals surface area contributed by atoms with E-state index < -0.39 is 12.0 Å². The first-order valence-electron chi connectivity index (χ1n) is 12.9. The summed E-state index contributed by atoms with van der Waals surface area (Å²) in [6.45, 7) is 2.61. The van der Waals surface area contributed by atoms with Gasteiger partial charge in [0, 0.05) is 5.56 Å². The molecular formula is C29H39NO4S. The third-order valence-electron chi connectivity index (χ3n) is 6.89. The van der Waals surface area contributed by atoms with Crippen molar-refractivity contribution >= 4 is 23.6 Å². The lowest BCUT2D eigenvalue weighted by Gasteiger charge is -2.21. The number of amides is 1. The molecule has 0 aromatic heterocycles. The molecule has 0 unspecified atom stereocenters. The summed E-state index contributed by atoms with van der Waals surface area (Å²) in [5.41, 5.74) is 3.12. The number of carbonyl (C=O) groups excluding carboxylic acids is 1. The number of nitrogens with one attached hydrogen (secondary N) is 1. The quantitative estimate of drug-likeness (QED) is 0.300. The van der Waals surface area contributed by atoms with Crippen LogP contribution in [-0.2, 0) is 4.79 Å². The summed E-state index contributed by atoms with van der Waals surface area (Å²) in [6.07, 6.45) is 12.6. The van der Waals surface area contributed by atoms with Crippen LogP contribution in [0.5, 0.6) is 5.75 Å². The number of ether oxygens (including phenoxy) is 1. The average molecular weight is 498 g/mol. The summed E-state index contributed by atoms with van der Waals surface area (Å²) < 4.78 is 6.24. The largest absolute Gasteiger partial charge is 0.493 e. The number of carboxylic acid groups (broad SMARTS) is 1. The Morgan fingerprint density at radius 3 is 2.57 bits per heavy atom. The van der Waals surface area contributed by atoms with Crippen molar-refractivity contribution in [1.82, 2.24) is 5.32 Å². The van der Waals surface area contributed by atoms with Crippen LogP contribution in [0.3, 0.4) is 0 Å². The SMILES string of the molecule is CSCC[C@H](NC(=O)c1cccc(OCCCCC2CCCCC2)c1-c1ccccc1C)C(=O)O. The van der Waals surface area contributed by atoms with Gasteiger partial charge in [0.15, 0.2) is 0 Å². The predicted octanol–water partition coefficient (Wildman–Crippen LogP) is 6.73. The molecule has 0 saturated heterocycles. The third kappa shape index (κ3) is 8.03. The van der Waals surface area contributed by atoms with Gasteiger partial charge in [-0.2, -0.15) is 11.8 Å². The molecule has 2 aromatic carbocycles. The molecule has 0 radical (unpaired) electrons. The van der Waals surface area contributed by atoms with Crippen LogP contribution in [0.25, 0.3) is 11.1 Å². The van der Waals surface area contributed by atoms with Gasteiger partial charge in [-0.15, -0.1) is 0 Å². The van der Waals surface area contributed by atoms with Crippen LogP contribution in [0.1, 0.15) is 73.7 Å². The molecule has 0 aliphatic heterocycles. The summed E-state index contributed by atoms with van der Waals surface area (Å²) in [6, 6.07) is 12.5. The highest BCUT2D eigenvalue weighted by Crippen LogP contribution is 2.36. The minimum absolute atomic E-state index is 0.374. The normalized spacial score (nSPS) is 14.9. The Morgan fingerprint density at radius 1 is 1.09 bits per heavy atom. The molecule has 190 valence electrons. The number of aryl methyl sites for hydroxylation is 1. The van der Waals surface area contributed by atoms with Gasteiger partial charge in [0.1, 0.15) is 11.8 Å². The number of unbranched alkanes of at least 4 members (excludes halogenated alkanes) is 1. The Bertz CT molecular complexity index is 971. The van der Waals surface area contributed by atoms with Crippen LogP contribution < -0.4 is 10.1 Å². The summed E-state index contributed by atoms with van der Waals surface area (Å²) in [7, 11) is 0. The van der Waals surface area contributed by atoms with E-state index in [0.29, 0.717) is 30.1 Å². The van der Waals surface area contributed by atoms with Crippen LogP contribution in [0, 0.1) is 12.8 Å². The fourth-order valence-electron chi connectivity index (χ4n) is 4.89. The fraction of sp³-hybridized carbons (Fsp3) is 0.517. The van der Waals surface area contributed by atoms with Crippen LogP contribution in [0.15, 0.2) is 42.5 Å². The van der Waals surface area contributed by atoms with Crippen molar-refractivity contribution in [3.63, 3.8) is 0 Å². The number of carbonyl (C=O) groups is 2. The number of carboxylic acids is 1. The van der Waals surface area contributed by atoms with E-state index >= 15 is 0 Å². The van der Waals surface area contributed by atoms with E-state index in [2.05, 4.69) is 5.32 Å². The maximum absolute atomic E-state index is 13.3. The Balaban J connectivity index is 1.76. The van der Waals surface area contributed by atoms with Gasteiger partial charge in [-0.05, 0) is 67.4 Å². The van der Waals surface area contributed by atoms with Gasteiger partial charge < -0.3 is 15.2 Å². The van der Waals surface area contributed by atoms with E-state index in [4.69, 9.17) is 4.74 Å². The highest BCUT2D eigenvalue weighted by atomic mass is 32.2. The van der Waals surface area contributed by atoms with Crippen LogP contribution in [0.2, 0.25) is 0 Å². The molecule has 0 bridgehead atoms. The van der Waals surface area contributed by atoms with Crippen molar-refractivity contribution in [1.29, 1.82) is 0 Å². The van der Waals surface area contributed by atoms with E-state index in [1.807, 2.05) is 49.6 Å². The molecule has 1 saturated carbocycles. The number of rotatable bonds is 13. The van der Waals surface area contributed by atoms with Gasteiger partial charge in [-0.1, -0.05) is 68.9 Å². The van der Waals surface area contributed by atoms with Gasteiger partial charge >= 0.3 is 5.97 Å². The number of benzene rings is 2. The first-order valence-corrected chi connectivity index (χ1v) is 14.2. The van der Waals surface area contributed by atoms with E-state index in [9.17, 15) is 14.7 Å². The number of aliphatic carboxylic acids is 1. The molecule has 1 atom stereocenters. The van der Waals surface area contributed by atoms with Crippen molar-refractivity contribution in [2.45, 2.75) is 70.8 Å². The molecule has 1 fully saturated rings. The first kappa shape index (κ1) is 27.1. The van der Waals surface area contributed by atoms with Crippen LogP contribution in [0.4, 0.5) is 0 Å². The number of hydrogen-bond acceptors (Lipinski definition) is 4.